The minimum absolute atomic E-state index is 0.00644. The van der Waals surface area contributed by atoms with Crippen molar-refractivity contribution in [2.75, 3.05) is 0 Å². The van der Waals surface area contributed by atoms with E-state index in [-0.39, 0.29) is 17.8 Å². The number of halogens is 1. The van der Waals surface area contributed by atoms with Gasteiger partial charge in [0.25, 0.3) is 0 Å². The predicted octanol–water partition coefficient (Wildman–Crippen LogP) is 2.06. The molecule has 6 heteroatoms. The number of ether oxygens (including phenoxy) is 1. The molecule has 1 aromatic heterocycles. The highest BCUT2D eigenvalue weighted by atomic mass is 19.1. The van der Waals surface area contributed by atoms with E-state index < -0.39 is 17.6 Å². The van der Waals surface area contributed by atoms with E-state index in [1.54, 1.807) is 20.8 Å². The summed E-state index contributed by atoms with van der Waals surface area (Å²) in [5.41, 5.74) is -0.181. The van der Waals surface area contributed by atoms with E-state index in [2.05, 4.69) is 10.3 Å². The SMILES string of the molecule is CC(C)(C)OC(=O)NCc1cc(C=O)cc(F)n1. The zero-order chi connectivity index (χ0) is 13.8. The van der Waals surface area contributed by atoms with E-state index in [1.807, 2.05) is 0 Å². The largest absolute Gasteiger partial charge is 0.444 e. The number of carbonyl (C=O) groups excluding carboxylic acids is 2. The van der Waals surface area contributed by atoms with Gasteiger partial charge >= 0.3 is 6.09 Å². The van der Waals surface area contributed by atoms with Crippen LogP contribution in [-0.2, 0) is 11.3 Å². The number of carbonyl (C=O) groups is 2. The van der Waals surface area contributed by atoms with Gasteiger partial charge in [0, 0.05) is 11.6 Å². The van der Waals surface area contributed by atoms with Gasteiger partial charge in [0.05, 0.1) is 12.2 Å². The number of nitrogens with one attached hydrogen (secondary N) is 1. The number of amides is 1. The third-order valence-corrected chi connectivity index (χ3v) is 1.82. The summed E-state index contributed by atoms with van der Waals surface area (Å²) < 4.78 is 18.0. The summed E-state index contributed by atoms with van der Waals surface area (Å²) in [6.45, 7) is 5.19. The molecule has 0 aliphatic carbocycles. The van der Waals surface area contributed by atoms with Crippen LogP contribution in [-0.4, -0.2) is 23.0 Å². The van der Waals surface area contributed by atoms with Crippen molar-refractivity contribution < 1.29 is 18.7 Å². The first kappa shape index (κ1) is 14.1. The highest BCUT2D eigenvalue weighted by molar-refractivity contribution is 5.74. The molecule has 5 nitrogen and oxygen atoms in total. The van der Waals surface area contributed by atoms with Gasteiger partial charge in [-0.15, -0.1) is 0 Å². The van der Waals surface area contributed by atoms with E-state index in [0.29, 0.717) is 6.29 Å². The molecule has 0 spiro atoms. The van der Waals surface area contributed by atoms with Gasteiger partial charge in [-0.1, -0.05) is 0 Å². The molecule has 18 heavy (non-hydrogen) atoms. The summed E-state index contributed by atoms with van der Waals surface area (Å²) in [6, 6.07) is 2.41. The number of pyridine rings is 1. The Bertz CT molecular complexity index is 455. The topological polar surface area (TPSA) is 68.3 Å². The molecule has 0 aliphatic heterocycles. The zero-order valence-corrected chi connectivity index (χ0v) is 10.5. The molecule has 0 aromatic carbocycles. The van der Waals surface area contributed by atoms with Gasteiger partial charge in [-0.05, 0) is 26.8 Å². The van der Waals surface area contributed by atoms with Gasteiger partial charge in [-0.2, -0.15) is 4.39 Å². The first-order valence-electron chi connectivity index (χ1n) is 5.38. The fraction of sp³-hybridized carbons (Fsp3) is 0.417. The molecule has 0 unspecified atom stereocenters. The van der Waals surface area contributed by atoms with Crippen molar-refractivity contribution >= 4 is 12.4 Å². The van der Waals surface area contributed by atoms with Crippen molar-refractivity contribution in [3.8, 4) is 0 Å². The first-order chi connectivity index (χ1) is 8.30. The van der Waals surface area contributed by atoms with Crippen LogP contribution in [0.25, 0.3) is 0 Å². The molecule has 1 amide bonds. The van der Waals surface area contributed by atoms with E-state index in [4.69, 9.17) is 4.74 Å². The number of aromatic nitrogens is 1. The molecule has 1 rings (SSSR count). The Balaban J connectivity index is 2.61. The minimum atomic E-state index is -0.763. The normalized spacial score (nSPS) is 10.9. The molecule has 0 saturated carbocycles. The summed E-state index contributed by atoms with van der Waals surface area (Å²) in [6.07, 6.45) is -0.108. The molecular formula is C12H15FN2O3. The Morgan fingerprint density at radius 1 is 1.50 bits per heavy atom. The third kappa shape index (κ3) is 4.90. The molecule has 1 aromatic rings. The monoisotopic (exact) mass is 254 g/mol. The second-order valence-electron chi connectivity index (χ2n) is 4.69. The molecule has 0 atom stereocenters. The molecule has 0 aliphatic rings. The molecule has 1 N–H and O–H groups in total. The van der Waals surface area contributed by atoms with Gasteiger partial charge in [0.2, 0.25) is 5.95 Å². The smallest absolute Gasteiger partial charge is 0.407 e. The standard InChI is InChI=1S/C12H15FN2O3/c1-12(2,3)18-11(17)14-6-9-4-8(7-16)5-10(13)15-9/h4-5,7H,6H2,1-3H3,(H,14,17). The number of aldehydes is 1. The summed E-state index contributed by atoms with van der Waals surface area (Å²) >= 11 is 0. The average molecular weight is 254 g/mol. The lowest BCUT2D eigenvalue weighted by Crippen LogP contribution is -2.32. The number of hydrogen-bond donors (Lipinski definition) is 1. The number of alkyl carbamates (subject to hydrolysis) is 1. The van der Waals surface area contributed by atoms with Crippen molar-refractivity contribution in [2.45, 2.75) is 32.9 Å². The fourth-order valence-corrected chi connectivity index (χ4v) is 1.21. The fourth-order valence-electron chi connectivity index (χ4n) is 1.21. The lowest BCUT2D eigenvalue weighted by Gasteiger charge is -2.19. The van der Waals surface area contributed by atoms with Crippen LogP contribution in [0.4, 0.5) is 9.18 Å². The van der Waals surface area contributed by atoms with Crippen molar-refractivity contribution in [1.29, 1.82) is 0 Å². The predicted molar refractivity (Wildman–Crippen MR) is 62.7 cm³/mol. The van der Waals surface area contributed by atoms with E-state index >= 15 is 0 Å². The second kappa shape index (κ2) is 5.57. The van der Waals surface area contributed by atoms with Crippen LogP contribution in [0.3, 0.4) is 0 Å². The second-order valence-corrected chi connectivity index (χ2v) is 4.69. The summed E-state index contributed by atoms with van der Waals surface area (Å²) in [5, 5.41) is 2.43. The summed E-state index contributed by atoms with van der Waals surface area (Å²) in [4.78, 5) is 25.4. The summed E-state index contributed by atoms with van der Waals surface area (Å²) in [5.74, 6) is -0.763. The highest BCUT2D eigenvalue weighted by Gasteiger charge is 2.15. The maximum Gasteiger partial charge on any atom is 0.407 e. The van der Waals surface area contributed by atoms with Gasteiger partial charge in [-0.3, -0.25) is 4.79 Å². The van der Waals surface area contributed by atoms with Crippen molar-refractivity contribution in [1.82, 2.24) is 10.3 Å². The Labute approximate surface area is 104 Å². The van der Waals surface area contributed by atoms with Crippen LogP contribution in [0.15, 0.2) is 12.1 Å². The van der Waals surface area contributed by atoms with Crippen LogP contribution in [0.5, 0.6) is 0 Å². The Morgan fingerprint density at radius 3 is 2.72 bits per heavy atom. The number of rotatable bonds is 3. The van der Waals surface area contributed by atoms with Crippen LogP contribution in [0.2, 0.25) is 0 Å². The van der Waals surface area contributed by atoms with Crippen LogP contribution < -0.4 is 5.32 Å². The molecule has 1 heterocycles. The quantitative estimate of drug-likeness (QED) is 0.662. The summed E-state index contributed by atoms with van der Waals surface area (Å²) in [7, 11) is 0. The van der Waals surface area contributed by atoms with Gasteiger partial charge in [0.15, 0.2) is 0 Å². The minimum Gasteiger partial charge on any atom is -0.444 e. The first-order valence-corrected chi connectivity index (χ1v) is 5.38. The van der Waals surface area contributed by atoms with Gasteiger partial charge in [0.1, 0.15) is 11.9 Å². The van der Waals surface area contributed by atoms with Gasteiger partial charge in [-0.25, -0.2) is 9.78 Å². The van der Waals surface area contributed by atoms with Crippen LogP contribution >= 0.6 is 0 Å². The highest BCUT2D eigenvalue weighted by Crippen LogP contribution is 2.07. The number of hydrogen-bond acceptors (Lipinski definition) is 4. The number of nitrogens with zero attached hydrogens (tertiary/aromatic N) is 1. The molecule has 0 radical (unpaired) electrons. The van der Waals surface area contributed by atoms with E-state index in [0.717, 1.165) is 6.07 Å². The lowest BCUT2D eigenvalue weighted by atomic mass is 10.2. The lowest BCUT2D eigenvalue weighted by molar-refractivity contribution is 0.0522. The van der Waals surface area contributed by atoms with Gasteiger partial charge < -0.3 is 10.1 Å². The van der Waals surface area contributed by atoms with Crippen LogP contribution in [0, 0.1) is 5.95 Å². The molecule has 98 valence electrons. The molecule has 0 bridgehead atoms. The van der Waals surface area contributed by atoms with Crippen molar-refractivity contribution in [2.24, 2.45) is 0 Å². The maximum atomic E-state index is 13.0. The Morgan fingerprint density at radius 2 is 2.17 bits per heavy atom. The molecule has 0 saturated heterocycles. The molecule has 0 fully saturated rings. The maximum absolute atomic E-state index is 13.0. The average Bonchev–Trinajstić information content (AvgIpc) is 2.23. The molecular weight excluding hydrogens is 239 g/mol. The third-order valence-electron chi connectivity index (χ3n) is 1.82. The van der Waals surface area contributed by atoms with E-state index in [1.165, 1.54) is 6.07 Å². The van der Waals surface area contributed by atoms with E-state index in [9.17, 15) is 14.0 Å². The van der Waals surface area contributed by atoms with Crippen molar-refractivity contribution in [3.05, 3.63) is 29.3 Å². The zero-order valence-electron chi connectivity index (χ0n) is 10.5. The van der Waals surface area contributed by atoms with Crippen LogP contribution in [0.1, 0.15) is 36.8 Å². The van der Waals surface area contributed by atoms with Crippen molar-refractivity contribution in [3.63, 3.8) is 0 Å². The Hall–Kier alpha value is -1.98. The Kier molecular flexibility index (Phi) is 4.36.